The SMILES string of the molecule is COc1ccc(Cl)cc1-c1ccc2c(c1)C(c1cccc(C(N)=O)c1)=NCC(=O)N2C.N#Cc1cccc(C2=NCC(=O)Nc3cc(OC(F)(F)F)c(-c4ccccc4)cc32)c1. The van der Waals surface area contributed by atoms with Gasteiger partial charge in [0.15, 0.2) is 0 Å². The molecule has 2 aliphatic heterocycles. The average molecular weight is 855 g/mol. The van der Waals surface area contributed by atoms with Gasteiger partial charge in [0.25, 0.3) is 0 Å². The van der Waals surface area contributed by atoms with E-state index in [2.05, 4.69) is 20.0 Å². The number of anilines is 2. The maximum absolute atomic E-state index is 13.1. The van der Waals surface area contributed by atoms with Crippen molar-refractivity contribution in [3.05, 3.63) is 166 Å². The standard InChI is InChI=1S/C24H20ClN3O3.C23H14F3N3O2/c1-28-20-8-6-14(18-12-17(25)7-9-21(18)31-2)11-19(20)23(27-13-22(28)29)15-4-3-5-16(10-15)24(26)30;24-23(25,26)31-20-11-19-18(10-17(20)15-6-2-1-3-7-15)22(28-13-21(30)29-19)16-8-4-5-14(9-16)12-27/h3-12H,13H2,1-2H3,(H2,26,30);1-11H,13H2,(H,29,30). The number of ether oxygens (including phenoxy) is 2. The van der Waals surface area contributed by atoms with E-state index < -0.39 is 23.9 Å². The maximum Gasteiger partial charge on any atom is 0.573 e. The van der Waals surface area contributed by atoms with Gasteiger partial charge in [-0.3, -0.25) is 24.4 Å². The van der Waals surface area contributed by atoms with E-state index in [9.17, 15) is 32.8 Å². The van der Waals surface area contributed by atoms with Crippen molar-refractivity contribution in [2.24, 2.45) is 15.7 Å². The number of aliphatic imine (C=N–C) groups is 2. The smallest absolute Gasteiger partial charge is 0.496 e. The predicted octanol–water partition coefficient (Wildman–Crippen LogP) is 8.84. The zero-order chi connectivity index (χ0) is 44.1. The lowest BCUT2D eigenvalue weighted by Crippen LogP contribution is -2.27. The molecule has 0 aromatic heterocycles. The Hall–Kier alpha value is -7.76. The lowest BCUT2D eigenvalue weighted by atomic mass is 9.94. The largest absolute Gasteiger partial charge is 0.573 e. The Labute approximate surface area is 358 Å². The molecule has 0 bridgehead atoms. The number of nitriles is 1. The third-order valence-corrected chi connectivity index (χ3v) is 10.1. The van der Waals surface area contributed by atoms with Crippen LogP contribution in [0.5, 0.6) is 11.5 Å². The molecule has 0 spiro atoms. The van der Waals surface area contributed by atoms with Crippen LogP contribution >= 0.6 is 11.6 Å². The van der Waals surface area contributed by atoms with Crippen molar-refractivity contribution in [3.8, 4) is 39.8 Å². The molecule has 8 rings (SSSR count). The predicted molar refractivity (Wildman–Crippen MR) is 231 cm³/mol. The fraction of sp³-hybridized carbons (Fsp3) is 0.106. The minimum atomic E-state index is -4.91. The molecular formula is C47H34ClF3N6O5. The van der Waals surface area contributed by atoms with Crippen molar-refractivity contribution in [2.75, 3.05) is 37.5 Å². The first-order valence-electron chi connectivity index (χ1n) is 18.8. The molecule has 6 aromatic carbocycles. The number of nitrogens with two attached hydrogens (primary N) is 1. The first kappa shape index (κ1) is 42.4. The molecule has 0 fully saturated rings. The third kappa shape index (κ3) is 9.33. The van der Waals surface area contributed by atoms with E-state index in [1.54, 1.807) is 97.9 Å². The highest BCUT2D eigenvalue weighted by Crippen LogP contribution is 2.40. The summed E-state index contributed by atoms with van der Waals surface area (Å²) < 4.78 is 49.0. The molecule has 3 amide bonds. The van der Waals surface area contributed by atoms with Crippen LogP contribution in [0.4, 0.5) is 24.5 Å². The number of nitrogens with one attached hydrogen (secondary N) is 1. The lowest BCUT2D eigenvalue weighted by Gasteiger charge is -2.20. The Balaban J connectivity index is 0.000000186. The number of rotatable bonds is 7. The molecule has 2 aliphatic rings. The molecule has 2 heterocycles. The van der Waals surface area contributed by atoms with Gasteiger partial charge in [0.2, 0.25) is 17.7 Å². The molecule has 0 aliphatic carbocycles. The third-order valence-electron chi connectivity index (χ3n) is 9.86. The van der Waals surface area contributed by atoms with Gasteiger partial charge in [-0.05, 0) is 71.8 Å². The number of hydrogen-bond acceptors (Lipinski definition) is 8. The molecule has 15 heteroatoms. The van der Waals surface area contributed by atoms with Crippen LogP contribution in [0.3, 0.4) is 0 Å². The van der Waals surface area contributed by atoms with Gasteiger partial charge in [0, 0.05) is 57.1 Å². The summed E-state index contributed by atoms with van der Waals surface area (Å²) in [5.41, 5.74) is 12.9. The minimum absolute atomic E-state index is 0.00285. The highest BCUT2D eigenvalue weighted by molar-refractivity contribution is 6.31. The Kier molecular flexibility index (Phi) is 12.2. The van der Waals surface area contributed by atoms with Crippen molar-refractivity contribution in [2.45, 2.75) is 6.36 Å². The molecule has 62 heavy (non-hydrogen) atoms. The summed E-state index contributed by atoms with van der Waals surface area (Å²) in [6.45, 7) is -0.214. The van der Waals surface area contributed by atoms with Crippen molar-refractivity contribution in [3.63, 3.8) is 0 Å². The second-order valence-corrected chi connectivity index (χ2v) is 14.3. The van der Waals surface area contributed by atoms with Crippen LogP contribution in [-0.4, -0.2) is 62.8 Å². The first-order valence-corrected chi connectivity index (χ1v) is 19.1. The maximum atomic E-state index is 13.1. The second kappa shape index (κ2) is 17.8. The number of likely N-dealkylation sites (N-methyl/N-ethyl adjacent to an activating group) is 1. The first-order chi connectivity index (χ1) is 29.7. The van der Waals surface area contributed by atoms with Crippen molar-refractivity contribution < 1.29 is 37.0 Å². The summed E-state index contributed by atoms with van der Waals surface area (Å²) in [5.74, 6) is -0.892. The van der Waals surface area contributed by atoms with Crippen LogP contribution in [0.15, 0.2) is 137 Å². The van der Waals surface area contributed by atoms with Gasteiger partial charge in [-0.1, -0.05) is 72.3 Å². The number of carbonyl (C=O) groups excluding carboxylic acids is 3. The molecule has 0 saturated heterocycles. The molecule has 0 unspecified atom stereocenters. The van der Waals surface area contributed by atoms with E-state index in [0.29, 0.717) is 55.6 Å². The van der Waals surface area contributed by atoms with E-state index >= 15 is 0 Å². The van der Waals surface area contributed by atoms with Gasteiger partial charge in [-0.2, -0.15) is 5.26 Å². The van der Waals surface area contributed by atoms with Gasteiger partial charge >= 0.3 is 6.36 Å². The van der Waals surface area contributed by atoms with Crippen LogP contribution in [0.1, 0.15) is 38.2 Å². The van der Waals surface area contributed by atoms with Crippen LogP contribution < -0.4 is 25.4 Å². The van der Waals surface area contributed by atoms with Gasteiger partial charge in [-0.25, -0.2) is 0 Å². The van der Waals surface area contributed by atoms with E-state index in [1.165, 1.54) is 6.07 Å². The number of halogens is 4. The molecule has 0 atom stereocenters. The Morgan fingerprint density at radius 1 is 0.758 bits per heavy atom. The summed E-state index contributed by atoms with van der Waals surface area (Å²) in [6.07, 6.45) is -4.91. The number of alkyl halides is 3. The van der Waals surface area contributed by atoms with Gasteiger partial charge in [0.05, 0.1) is 41.5 Å². The van der Waals surface area contributed by atoms with Crippen LogP contribution in [-0.2, 0) is 9.59 Å². The number of nitrogens with zero attached hydrogens (tertiary/aromatic N) is 4. The highest BCUT2D eigenvalue weighted by atomic mass is 35.5. The molecule has 11 nitrogen and oxygen atoms in total. The van der Waals surface area contributed by atoms with Crippen LogP contribution in [0.2, 0.25) is 5.02 Å². The zero-order valence-corrected chi connectivity index (χ0v) is 33.7. The Morgan fingerprint density at radius 2 is 1.44 bits per heavy atom. The minimum Gasteiger partial charge on any atom is -0.496 e. The molecular weight excluding hydrogens is 821 g/mol. The molecule has 3 N–H and O–H groups in total. The average Bonchev–Trinajstić information content (AvgIpc) is 3.50. The molecule has 6 aromatic rings. The number of benzodiazepines with no additional fused rings is 2. The highest BCUT2D eigenvalue weighted by Gasteiger charge is 2.34. The number of amides is 3. The number of methoxy groups -OCH3 is 1. The van der Waals surface area contributed by atoms with E-state index in [4.69, 9.17) is 22.1 Å². The summed E-state index contributed by atoms with van der Waals surface area (Å²) in [6, 6.07) is 37.9. The number of fused-ring (bicyclic) bond motifs is 2. The van der Waals surface area contributed by atoms with Gasteiger partial charge < -0.3 is 25.4 Å². The van der Waals surface area contributed by atoms with Gasteiger partial charge in [0.1, 0.15) is 24.6 Å². The van der Waals surface area contributed by atoms with Gasteiger partial charge in [-0.15, -0.1) is 13.2 Å². The van der Waals surface area contributed by atoms with Crippen LogP contribution in [0, 0.1) is 11.3 Å². The quantitative estimate of drug-likeness (QED) is 0.163. The Bertz CT molecular complexity index is 2860. The van der Waals surface area contributed by atoms with E-state index in [-0.39, 0.29) is 30.2 Å². The summed E-state index contributed by atoms with van der Waals surface area (Å²) in [7, 11) is 3.32. The van der Waals surface area contributed by atoms with Crippen molar-refractivity contribution in [1.29, 1.82) is 5.26 Å². The fourth-order valence-corrected chi connectivity index (χ4v) is 7.14. The van der Waals surface area contributed by atoms with E-state index in [0.717, 1.165) is 28.4 Å². The number of primary amides is 1. The monoisotopic (exact) mass is 854 g/mol. The van der Waals surface area contributed by atoms with Crippen molar-refractivity contribution in [1.82, 2.24) is 0 Å². The zero-order valence-electron chi connectivity index (χ0n) is 33.0. The van der Waals surface area contributed by atoms with Crippen molar-refractivity contribution >= 4 is 52.1 Å². The normalized spacial score (nSPS) is 13.3. The molecule has 0 radical (unpaired) electrons. The number of hydrogen-bond donors (Lipinski definition) is 2. The second-order valence-electron chi connectivity index (χ2n) is 13.9. The summed E-state index contributed by atoms with van der Waals surface area (Å²) >= 11 is 6.23. The number of carbonyl (C=O) groups is 3. The fourth-order valence-electron chi connectivity index (χ4n) is 6.97. The van der Waals surface area contributed by atoms with Crippen LogP contribution in [0.25, 0.3) is 22.3 Å². The summed E-state index contributed by atoms with van der Waals surface area (Å²) in [4.78, 5) is 46.9. The lowest BCUT2D eigenvalue weighted by molar-refractivity contribution is -0.274. The van der Waals surface area contributed by atoms with E-state index in [1.807, 2.05) is 42.5 Å². The number of benzene rings is 6. The Morgan fingerprint density at radius 3 is 2.15 bits per heavy atom. The molecule has 310 valence electrons. The topological polar surface area (TPSA) is 159 Å². The summed E-state index contributed by atoms with van der Waals surface area (Å²) in [5, 5.41) is 12.4. The molecule has 0 saturated carbocycles.